The van der Waals surface area contributed by atoms with Crippen LogP contribution in [-0.4, -0.2) is 22.7 Å². The van der Waals surface area contributed by atoms with Crippen molar-refractivity contribution in [2.45, 2.75) is 19.5 Å². The minimum absolute atomic E-state index is 0.0200. The molecular weight excluding hydrogens is 303 g/mol. The maximum absolute atomic E-state index is 12.9. The second kappa shape index (κ2) is 7.66. The number of nitro benzene ring substituents is 1. The molecule has 2 rings (SSSR count). The van der Waals surface area contributed by atoms with Crippen LogP contribution >= 0.6 is 0 Å². The topological polar surface area (TPSA) is 84.6 Å². The molecule has 2 aromatic rings. The van der Waals surface area contributed by atoms with E-state index < -0.39 is 10.7 Å². The van der Waals surface area contributed by atoms with Gasteiger partial charge in [0.15, 0.2) is 0 Å². The third kappa shape index (κ3) is 4.73. The van der Waals surface area contributed by atoms with Gasteiger partial charge in [0.1, 0.15) is 11.6 Å². The molecule has 0 aliphatic heterocycles. The first-order valence-corrected chi connectivity index (χ1v) is 7.04. The SMILES string of the molecule is CC(CO)NCc1ccc(Oc2ccc(F)cc2)c([N+](=O)[O-])c1. The smallest absolute Gasteiger partial charge is 0.311 e. The molecule has 0 fully saturated rings. The number of aliphatic hydroxyl groups is 1. The summed E-state index contributed by atoms with van der Waals surface area (Å²) in [6, 6.07) is 9.74. The molecule has 7 heteroatoms. The highest BCUT2D eigenvalue weighted by molar-refractivity contribution is 5.50. The number of halogens is 1. The fourth-order valence-electron chi connectivity index (χ4n) is 1.89. The zero-order chi connectivity index (χ0) is 16.8. The number of benzene rings is 2. The number of aliphatic hydroxyl groups excluding tert-OH is 1. The lowest BCUT2D eigenvalue weighted by Gasteiger charge is -2.11. The lowest BCUT2D eigenvalue weighted by molar-refractivity contribution is -0.385. The summed E-state index contributed by atoms with van der Waals surface area (Å²) in [6.07, 6.45) is 0. The third-order valence-corrected chi connectivity index (χ3v) is 3.19. The molecule has 2 N–H and O–H groups in total. The molecule has 6 nitrogen and oxygen atoms in total. The molecule has 0 aliphatic rings. The molecule has 0 heterocycles. The summed E-state index contributed by atoms with van der Waals surface area (Å²) in [5.41, 5.74) is 0.522. The maximum atomic E-state index is 12.9. The van der Waals surface area contributed by atoms with E-state index in [1.165, 1.54) is 36.4 Å². The van der Waals surface area contributed by atoms with Crippen molar-refractivity contribution < 1.29 is 19.2 Å². The van der Waals surface area contributed by atoms with Gasteiger partial charge in [0.05, 0.1) is 11.5 Å². The highest BCUT2D eigenvalue weighted by atomic mass is 19.1. The number of nitrogens with one attached hydrogen (secondary N) is 1. The summed E-state index contributed by atoms with van der Waals surface area (Å²) < 4.78 is 18.3. The lowest BCUT2D eigenvalue weighted by Crippen LogP contribution is -2.28. The van der Waals surface area contributed by atoms with Gasteiger partial charge in [0.25, 0.3) is 0 Å². The summed E-state index contributed by atoms with van der Waals surface area (Å²) >= 11 is 0. The van der Waals surface area contributed by atoms with Crippen LogP contribution < -0.4 is 10.1 Å². The summed E-state index contributed by atoms with van der Waals surface area (Å²) in [5, 5.41) is 23.2. The van der Waals surface area contributed by atoms with Crippen LogP contribution in [0.25, 0.3) is 0 Å². The third-order valence-electron chi connectivity index (χ3n) is 3.19. The Morgan fingerprint density at radius 3 is 2.61 bits per heavy atom. The summed E-state index contributed by atoms with van der Waals surface area (Å²) in [5.74, 6) is -0.0129. The van der Waals surface area contributed by atoms with Crippen LogP contribution in [0.4, 0.5) is 10.1 Å². The first kappa shape index (κ1) is 16.9. The van der Waals surface area contributed by atoms with Crippen molar-refractivity contribution in [1.82, 2.24) is 5.32 Å². The average Bonchev–Trinajstić information content (AvgIpc) is 2.55. The van der Waals surface area contributed by atoms with Gasteiger partial charge < -0.3 is 15.2 Å². The van der Waals surface area contributed by atoms with E-state index in [-0.39, 0.29) is 24.1 Å². The fraction of sp³-hybridized carbons (Fsp3) is 0.250. The van der Waals surface area contributed by atoms with Gasteiger partial charge in [-0.2, -0.15) is 0 Å². The van der Waals surface area contributed by atoms with Gasteiger partial charge in [-0.05, 0) is 42.8 Å². The Morgan fingerprint density at radius 1 is 1.30 bits per heavy atom. The minimum atomic E-state index is -0.530. The molecule has 0 saturated carbocycles. The zero-order valence-corrected chi connectivity index (χ0v) is 12.5. The van der Waals surface area contributed by atoms with Crippen LogP contribution in [-0.2, 0) is 6.54 Å². The zero-order valence-electron chi connectivity index (χ0n) is 12.5. The Kier molecular flexibility index (Phi) is 5.61. The number of hydrogen-bond acceptors (Lipinski definition) is 5. The minimum Gasteiger partial charge on any atom is -0.450 e. The molecular formula is C16H17FN2O4. The highest BCUT2D eigenvalue weighted by Gasteiger charge is 2.17. The molecule has 0 aromatic heterocycles. The number of hydrogen-bond donors (Lipinski definition) is 2. The summed E-state index contributed by atoms with van der Waals surface area (Å²) in [6.45, 7) is 2.17. The number of ether oxygens (including phenoxy) is 1. The first-order chi connectivity index (χ1) is 11.0. The van der Waals surface area contributed by atoms with E-state index in [1.54, 1.807) is 13.0 Å². The summed E-state index contributed by atoms with van der Waals surface area (Å²) in [4.78, 5) is 10.7. The van der Waals surface area contributed by atoms with Crippen LogP contribution in [0, 0.1) is 15.9 Å². The van der Waals surface area contributed by atoms with Crippen molar-refractivity contribution >= 4 is 5.69 Å². The number of rotatable bonds is 7. The van der Waals surface area contributed by atoms with Crippen molar-refractivity contribution in [1.29, 1.82) is 0 Å². The van der Waals surface area contributed by atoms with Crippen molar-refractivity contribution in [3.63, 3.8) is 0 Å². The quantitative estimate of drug-likeness (QED) is 0.605. The molecule has 0 radical (unpaired) electrons. The molecule has 0 bridgehead atoms. The number of nitrogens with zero attached hydrogens (tertiary/aromatic N) is 1. The van der Waals surface area contributed by atoms with Crippen molar-refractivity contribution in [3.05, 3.63) is 64.0 Å². The Bertz CT molecular complexity index is 676. The van der Waals surface area contributed by atoms with Gasteiger partial charge in [-0.1, -0.05) is 6.07 Å². The van der Waals surface area contributed by atoms with Gasteiger partial charge in [-0.25, -0.2) is 4.39 Å². The van der Waals surface area contributed by atoms with Gasteiger partial charge in [-0.3, -0.25) is 10.1 Å². The van der Waals surface area contributed by atoms with E-state index in [4.69, 9.17) is 9.84 Å². The molecule has 0 aliphatic carbocycles. The molecule has 2 aromatic carbocycles. The van der Waals surface area contributed by atoms with Crippen LogP contribution in [0.5, 0.6) is 11.5 Å². The molecule has 1 atom stereocenters. The highest BCUT2D eigenvalue weighted by Crippen LogP contribution is 2.32. The molecule has 122 valence electrons. The molecule has 0 amide bonds. The van der Waals surface area contributed by atoms with E-state index in [1.807, 2.05) is 0 Å². The largest absolute Gasteiger partial charge is 0.450 e. The van der Waals surface area contributed by atoms with Crippen molar-refractivity contribution in [2.75, 3.05) is 6.61 Å². The van der Waals surface area contributed by atoms with E-state index in [9.17, 15) is 14.5 Å². The van der Waals surface area contributed by atoms with Crippen LogP contribution in [0.15, 0.2) is 42.5 Å². The van der Waals surface area contributed by atoms with Gasteiger partial charge >= 0.3 is 5.69 Å². The van der Waals surface area contributed by atoms with Crippen molar-refractivity contribution in [2.24, 2.45) is 0 Å². The maximum Gasteiger partial charge on any atom is 0.311 e. The van der Waals surface area contributed by atoms with Crippen LogP contribution in [0.1, 0.15) is 12.5 Å². The Hall–Kier alpha value is -2.51. The monoisotopic (exact) mass is 320 g/mol. The van der Waals surface area contributed by atoms with Gasteiger partial charge in [0.2, 0.25) is 5.75 Å². The average molecular weight is 320 g/mol. The first-order valence-electron chi connectivity index (χ1n) is 7.04. The second-order valence-electron chi connectivity index (χ2n) is 5.08. The van der Waals surface area contributed by atoms with Gasteiger partial charge in [0, 0.05) is 18.7 Å². The number of nitro groups is 1. The van der Waals surface area contributed by atoms with Crippen LogP contribution in [0.3, 0.4) is 0 Å². The van der Waals surface area contributed by atoms with Gasteiger partial charge in [-0.15, -0.1) is 0 Å². The van der Waals surface area contributed by atoms with E-state index in [0.29, 0.717) is 17.9 Å². The van der Waals surface area contributed by atoms with E-state index in [0.717, 1.165) is 0 Å². The molecule has 0 saturated heterocycles. The van der Waals surface area contributed by atoms with E-state index in [2.05, 4.69) is 5.32 Å². The Morgan fingerprint density at radius 2 is 2.00 bits per heavy atom. The Labute approximate surface area is 132 Å². The Balaban J connectivity index is 2.19. The van der Waals surface area contributed by atoms with Crippen molar-refractivity contribution in [3.8, 4) is 11.5 Å². The second-order valence-corrected chi connectivity index (χ2v) is 5.08. The fourth-order valence-corrected chi connectivity index (χ4v) is 1.89. The standard InChI is InChI=1S/C16H17FN2O4/c1-11(10-20)18-9-12-2-7-16(15(8-12)19(21)22)23-14-5-3-13(17)4-6-14/h2-8,11,18,20H,9-10H2,1H3. The normalized spacial score (nSPS) is 12.0. The summed E-state index contributed by atoms with van der Waals surface area (Å²) in [7, 11) is 0. The molecule has 1 unspecified atom stereocenters. The van der Waals surface area contributed by atoms with E-state index >= 15 is 0 Å². The molecule has 0 spiro atoms. The predicted octanol–water partition coefficient (Wildman–Crippen LogP) is 3.00. The lowest BCUT2D eigenvalue weighted by atomic mass is 10.1. The van der Waals surface area contributed by atoms with Crippen LogP contribution in [0.2, 0.25) is 0 Å². The predicted molar refractivity (Wildman–Crippen MR) is 83.0 cm³/mol. The molecule has 23 heavy (non-hydrogen) atoms.